The van der Waals surface area contributed by atoms with E-state index in [2.05, 4.69) is 174 Å². The van der Waals surface area contributed by atoms with Crippen LogP contribution in [0.5, 0.6) is 0 Å². The first-order valence-corrected chi connectivity index (χ1v) is 20.7. The molecule has 0 bridgehead atoms. The Bertz CT molecular complexity index is 2980. The third-order valence-corrected chi connectivity index (χ3v) is 11.0. The number of para-hydroxylation sites is 3. The molecule has 9 rings (SSSR count). The Hall–Kier alpha value is -7.55. The number of hydrogen-bond donors (Lipinski definition) is 0. The molecule has 2 aromatic heterocycles. The molecule has 2 aliphatic carbocycles. The van der Waals surface area contributed by atoms with E-state index in [0.29, 0.717) is 23.9 Å². The van der Waals surface area contributed by atoms with Crippen molar-refractivity contribution in [3.05, 3.63) is 204 Å². The van der Waals surface area contributed by atoms with E-state index in [1.165, 1.54) is 0 Å². The summed E-state index contributed by atoms with van der Waals surface area (Å²) in [6, 6.07) is 46.5. The molecule has 5 aromatic carbocycles. The van der Waals surface area contributed by atoms with Crippen LogP contribution in [-0.2, 0) is 6.42 Å². The van der Waals surface area contributed by atoms with Gasteiger partial charge in [0.15, 0.2) is 17.5 Å². The van der Waals surface area contributed by atoms with Crippen LogP contribution in [0.3, 0.4) is 0 Å². The summed E-state index contributed by atoms with van der Waals surface area (Å²) < 4.78 is 4.68. The predicted octanol–water partition coefficient (Wildman–Crippen LogP) is 13.4. The quantitative estimate of drug-likeness (QED) is 0.114. The largest absolute Gasteiger partial charge is 0.308 e. The Morgan fingerprint density at radius 2 is 1.28 bits per heavy atom. The van der Waals surface area contributed by atoms with Gasteiger partial charge in [0.2, 0.25) is 0 Å². The molecule has 290 valence electrons. The monoisotopic (exact) mass is 775 g/mol. The highest BCUT2D eigenvalue weighted by molar-refractivity contribution is 5.84. The van der Waals surface area contributed by atoms with Crippen molar-refractivity contribution in [3.8, 4) is 57.6 Å². The van der Waals surface area contributed by atoms with E-state index < -0.39 is 0 Å². The van der Waals surface area contributed by atoms with Gasteiger partial charge in [-0.05, 0) is 103 Å². The average molecular weight is 776 g/mol. The number of allylic oxidation sites excluding steroid dienone is 7. The molecule has 0 fully saturated rings. The van der Waals surface area contributed by atoms with Crippen molar-refractivity contribution in [1.82, 2.24) is 24.1 Å². The fourth-order valence-corrected chi connectivity index (χ4v) is 8.12. The fraction of sp³-hybridized carbons (Fsp3) is 0.109. The standard InChI is InChI=1S/C55H45N5/c1-4-6-32-49-47(5-2)48-36-39(3)21-18-35-50(48)59(45-29-14-9-15-30-45)51-33-16-17-34-52(51)60(49)46-31-20-27-43(38-46)42-26-19-28-44(37-42)55-57-53(40-22-10-7-11-23-40)56-54(58-55)41-24-12-8-13-25-41/h2,6-7,9-12,14-20,22-35,37-38H,3-4,8,13,21,36H2,1H3/b32-6-,49-47?. The third-order valence-electron chi connectivity index (χ3n) is 11.0. The van der Waals surface area contributed by atoms with Crippen LogP contribution in [0.25, 0.3) is 74.0 Å². The predicted molar refractivity (Wildman–Crippen MR) is 250 cm³/mol. The maximum Gasteiger partial charge on any atom is 0.164 e. The molecule has 2 heterocycles. The lowest BCUT2D eigenvalue weighted by Gasteiger charge is -2.23. The van der Waals surface area contributed by atoms with Crippen LogP contribution >= 0.6 is 0 Å². The van der Waals surface area contributed by atoms with Gasteiger partial charge in [-0.1, -0.05) is 146 Å². The van der Waals surface area contributed by atoms with E-state index in [-0.39, 0.29) is 0 Å². The summed E-state index contributed by atoms with van der Waals surface area (Å²) in [5, 5.41) is 0. The van der Waals surface area contributed by atoms with Gasteiger partial charge < -0.3 is 9.13 Å². The van der Waals surface area contributed by atoms with E-state index in [0.717, 1.165) is 104 Å². The minimum Gasteiger partial charge on any atom is -0.308 e. The third kappa shape index (κ3) is 7.59. The lowest BCUT2D eigenvalue weighted by molar-refractivity contribution is 0.990. The van der Waals surface area contributed by atoms with Gasteiger partial charge in [-0.2, -0.15) is 0 Å². The lowest BCUT2D eigenvalue weighted by atomic mass is 9.97. The number of aromatic nitrogens is 5. The Morgan fingerprint density at radius 3 is 2.02 bits per heavy atom. The van der Waals surface area contributed by atoms with Crippen LogP contribution in [-0.4, -0.2) is 24.1 Å². The number of nitrogens with zero attached hydrogens (tertiary/aromatic N) is 5. The van der Waals surface area contributed by atoms with Crippen molar-refractivity contribution >= 4 is 28.8 Å². The molecule has 60 heavy (non-hydrogen) atoms. The SMILES string of the molecule is C#Cc1c2c(n(-c3ccccc3)c3ccccc3n(-c3cccc(-c4cccc(-c5nc(C6=CCCC=C6)nc(-c6ccccc6)n5)c4)c3)c1/C=C\CC)C=CCC(=C)C2. The van der Waals surface area contributed by atoms with Gasteiger partial charge in [-0.3, -0.25) is 0 Å². The molecule has 0 saturated carbocycles. The summed E-state index contributed by atoms with van der Waals surface area (Å²) in [6.45, 7) is 6.63. The van der Waals surface area contributed by atoms with Crippen LogP contribution in [0.2, 0.25) is 0 Å². The van der Waals surface area contributed by atoms with Crippen molar-refractivity contribution in [2.45, 2.75) is 39.0 Å². The highest BCUT2D eigenvalue weighted by Crippen LogP contribution is 2.35. The van der Waals surface area contributed by atoms with E-state index in [4.69, 9.17) is 21.4 Å². The van der Waals surface area contributed by atoms with Gasteiger partial charge in [0.1, 0.15) is 0 Å². The lowest BCUT2D eigenvalue weighted by Crippen LogP contribution is -2.12. The Labute approximate surface area is 352 Å². The van der Waals surface area contributed by atoms with Crippen molar-refractivity contribution in [3.63, 3.8) is 0 Å². The normalized spacial score (nSPS) is 13.5. The molecule has 7 aromatic rings. The van der Waals surface area contributed by atoms with Crippen LogP contribution in [0.15, 0.2) is 176 Å². The average Bonchev–Trinajstić information content (AvgIpc) is 3.50. The first-order valence-electron chi connectivity index (χ1n) is 20.7. The fourth-order valence-electron chi connectivity index (χ4n) is 8.12. The number of hydrogen-bond acceptors (Lipinski definition) is 3. The molecular weight excluding hydrogens is 731 g/mol. The second kappa shape index (κ2) is 17.1. The molecule has 0 atom stereocenters. The van der Waals surface area contributed by atoms with Crippen molar-refractivity contribution in [2.75, 3.05) is 0 Å². The summed E-state index contributed by atoms with van der Waals surface area (Å²) in [6.07, 6.45) is 26.3. The highest BCUT2D eigenvalue weighted by Gasteiger charge is 2.21. The number of fused-ring (bicyclic) bond motifs is 2. The van der Waals surface area contributed by atoms with Gasteiger partial charge in [0, 0.05) is 28.1 Å². The summed E-state index contributed by atoms with van der Waals surface area (Å²) in [5.74, 6) is 5.16. The van der Waals surface area contributed by atoms with Gasteiger partial charge in [0.25, 0.3) is 0 Å². The number of benzene rings is 5. The summed E-state index contributed by atoms with van der Waals surface area (Å²) in [4.78, 5) is 15.0. The Morgan fingerprint density at radius 1 is 0.650 bits per heavy atom. The van der Waals surface area contributed by atoms with Crippen LogP contribution in [0.1, 0.15) is 60.9 Å². The molecular formula is C55H45N5. The molecule has 0 saturated heterocycles. The topological polar surface area (TPSA) is 48.5 Å². The molecule has 0 amide bonds. The van der Waals surface area contributed by atoms with Crippen molar-refractivity contribution < 1.29 is 0 Å². The highest BCUT2D eigenvalue weighted by atomic mass is 15.0. The molecule has 0 N–H and O–H groups in total. The van der Waals surface area contributed by atoms with E-state index in [1.54, 1.807) is 0 Å². The molecule has 0 radical (unpaired) electrons. The maximum absolute atomic E-state index is 6.63. The Balaban J connectivity index is 1.27. The van der Waals surface area contributed by atoms with Crippen LogP contribution in [0, 0.1) is 12.3 Å². The van der Waals surface area contributed by atoms with Gasteiger partial charge in [-0.25, -0.2) is 15.0 Å². The summed E-state index contributed by atoms with van der Waals surface area (Å²) >= 11 is 0. The first-order chi connectivity index (χ1) is 29.6. The number of terminal acetylenes is 1. The van der Waals surface area contributed by atoms with Crippen molar-refractivity contribution in [1.29, 1.82) is 0 Å². The van der Waals surface area contributed by atoms with Gasteiger partial charge >= 0.3 is 0 Å². The van der Waals surface area contributed by atoms with E-state index >= 15 is 0 Å². The summed E-state index contributed by atoms with van der Waals surface area (Å²) in [7, 11) is 0. The first kappa shape index (κ1) is 38.0. The molecule has 5 heteroatoms. The van der Waals surface area contributed by atoms with E-state index in [9.17, 15) is 0 Å². The zero-order valence-electron chi connectivity index (χ0n) is 33.8. The molecule has 5 nitrogen and oxygen atoms in total. The maximum atomic E-state index is 6.63. The minimum absolute atomic E-state index is 0.632. The molecule has 0 unspecified atom stereocenters. The molecule has 2 aliphatic rings. The second-order valence-corrected chi connectivity index (χ2v) is 15.0. The molecule has 0 aliphatic heterocycles. The van der Waals surface area contributed by atoms with Gasteiger partial charge in [-0.15, -0.1) is 6.42 Å². The van der Waals surface area contributed by atoms with E-state index in [1.807, 2.05) is 30.3 Å². The zero-order valence-corrected chi connectivity index (χ0v) is 33.8. The van der Waals surface area contributed by atoms with Crippen LogP contribution < -0.4 is 0 Å². The number of rotatable bonds is 8. The van der Waals surface area contributed by atoms with Crippen molar-refractivity contribution in [2.24, 2.45) is 0 Å². The smallest absolute Gasteiger partial charge is 0.164 e. The van der Waals surface area contributed by atoms with Gasteiger partial charge in [0.05, 0.1) is 28.0 Å². The minimum atomic E-state index is 0.632. The summed E-state index contributed by atoms with van der Waals surface area (Å²) in [5.41, 5.74) is 14.1. The second-order valence-electron chi connectivity index (χ2n) is 15.0. The van der Waals surface area contributed by atoms with Crippen LogP contribution in [0.4, 0.5) is 0 Å². The zero-order chi connectivity index (χ0) is 40.8. The Kier molecular flexibility index (Phi) is 10.8. The molecule has 0 spiro atoms.